The summed E-state index contributed by atoms with van der Waals surface area (Å²) in [7, 11) is 2.08. The topological polar surface area (TPSA) is 29.3 Å². The van der Waals surface area contributed by atoms with Crippen LogP contribution in [0.4, 0.5) is 5.69 Å². The van der Waals surface area contributed by atoms with Crippen molar-refractivity contribution in [3.05, 3.63) is 54.6 Å². The van der Waals surface area contributed by atoms with Gasteiger partial charge in [-0.25, -0.2) is 0 Å². The van der Waals surface area contributed by atoms with Crippen molar-refractivity contribution in [2.75, 3.05) is 18.5 Å². The first-order valence-corrected chi connectivity index (χ1v) is 6.30. The molecular weight excluding hydrogens is 220 g/mol. The van der Waals surface area contributed by atoms with Crippen LogP contribution in [0.5, 0.6) is 0 Å². The van der Waals surface area contributed by atoms with Gasteiger partial charge >= 0.3 is 0 Å². The number of hydrogen-bond donors (Lipinski definition) is 1. The number of likely N-dealkylation sites (N-methyl/N-ethyl adjacent to an activating group) is 1. The van der Waals surface area contributed by atoms with Crippen molar-refractivity contribution < 1.29 is 0 Å². The molecule has 2 heteroatoms. The van der Waals surface area contributed by atoms with E-state index >= 15 is 0 Å². The van der Waals surface area contributed by atoms with E-state index in [0.717, 1.165) is 0 Å². The molecule has 0 aliphatic carbocycles. The second-order valence-electron chi connectivity index (χ2n) is 4.61. The predicted molar refractivity (Wildman–Crippen MR) is 78.8 cm³/mol. The number of nitrogens with two attached hydrogens (primary N) is 1. The summed E-state index contributed by atoms with van der Waals surface area (Å²) in [4.78, 5) is 2.20. The molecule has 0 aromatic heterocycles. The number of hydrogen-bond acceptors (Lipinski definition) is 2. The van der Waals surface area contributed by atoms with Crippen molar-refractivity contribution in [1.82, 2.24) is 0 Å². The van der Waals surface area contributed by atoms with Crippen molar-refractivity contribution in [2.24, 2.45) is 5.73 Å². The zero-order chi connectivity index (χ0) is 13.0. The molecule has 2 rings (SSSR count). The Hall–Kier alpha value is -1.80. The molecule has 1 atom stereocenters. The smallest absolute Gasteiger partial charge is 0.0380 e. The molecule has 0 heterocycles. The van der Waals surface area contributed by atoms with Gasteiger partial charge in [0, 0.05) is 25.3 Å². The molecule has 0 aliphatic heterocycles. The van der Waals surface area contributed by atoms with Gasteiger partial charge in [0.25, 0.3) is 0 Å². The van der Waals surface area contributed by atoms with Crippen LogP contribution in [0, 0.1) is 0 Å². The summed E-state index contributed by atoms with van der Waals surface area (Å²) in [6.07, 6.45) is 0. The number of anilines is 1. The Kier molecular flexibility index (Phi) is 4.00. The summed E-state index contributed by atoms with van der Waals surface area (Å²) in [6.45, 7) is 2.79. The minimum absolute atomic E-state index is 0.354. The van der Waals surface area contributed by atoms with Crippen molar-refractivity contribution in [2.45, 2.75) is 13.0 Å². The molecule has 0 spiro atoms. The summed E-state index contributed by atoms with van der Waals surface area (Å²) in [5.41, 5.74) is 9.38. The van der Waals surface area contributed by atoms with Crippen LogP contribution in [-0.2, 0) is 0 Å². The van der Waals surface area contributed by atoms with Gasteiger partial charge in [0.05, 0.1) is 0 Å². The summed E-state index contributed by atoms with van der Waals surface area (Å²) >= 11 is 0. The largest absolute Gasteiger partial charge is 0.371 e. The standard InChI is InChI=1S/C16H20N2/c1-13(12-17)18(2)16-10-8-15(9-11-16)14-6-4-3-5-7-14/h3-11,13H,12,17H2,1-2H3. The Balaban J connectivity index is 2.20. The summed E-state index contributed by atoms with van der Waals surface area (Å²) in [5.74, 6) is 0. The highest BCUT2D eigenvalue weighted by Crippen LogP contribution is 2.23. The lowest BCUT2D eigenvalue weighted by Gasteiger charge is -2.26. The maximum Gasteiger partial charge on any atom is 0.0380 e. The third kappa shape index (κ3) is 2.71. The summed E-state index contributed by atoms with van der Waals surface area (Å²) in [6, 6.07) is 19.4. The first-order valence-electron chi connectivity index (χ1n) is 6.30. The highest BCUT2D eigenvalue weighted by molar-refractivity contribution is 5.66. The van der Waals surface area contributed by atoms with Crippen LogP contribution in [-0.4, -0.2) is 19.6 Å². The van der Waals surface area contributed by atoms with Crippen molar-refractivity contribution in [3.8, 4) is 11.1 Å². The van der Waals surface area contributed by atoms with Gasteiger partial charge in [-0.2, -0.15) is 0 Å². The van der Waals surface area contributed by atoms with E-state index in [1.54, 1.807) is 0 Å². The van der Waals surface area contributed by atoms with Crippen LogP contribution in [0.25, 0.3) is 11.1 Å². The van der Waals surface area contributed by atoms with Gasteiger partial charge in [0.1, 0.15) is 0 Å². The van der Waals surface area contributed by atoms with Gasteiger partial charge in [0.15, 0.2) is 0 Å². The van der Waals surface area contributed by atoms with E-state index in [4.69, 9.17) is 5.73 Å². The molecule has 0 aliphatic rings. The summed E-state index contributed by atoms with van der Waals surface area (Å²) in [5, 5.41) is 0. The average molecular weight is 240 g/mol. The molecule has 2 nitrogen and oxygen atoms in total. The fraction of sp³-hybridized carbons (Fsp3) is 0.250. The Bertz CT molecular complexity index is 476. The van der Waals surface area contributed by atoms with Gasteiger partial charge in [0.2, 0.25) is 0 Å². The van der Waals surface area contributed by atoms with Crippen LogP contribution in [0.3, 0.4) is 0 Å². The molecule has 0 bridgehead atoms. The van der Waals surface area contributed by atoms with Gasteiger partial charge in [-0.15, -0.1) is 0 Å². The lowest BCUT2D eigenvalue weighted by Crippen LogP contribution is -2.35. The fourth-order valence-electron chi connectivity index (χ4n) is 1.93. The molecular formula is C16H20N2. The lowest BCUT2D eigenvalue weighted by atomic mass is 10.1. The van der Waals surface area contributed by atoms with E-state index in [9.17, 15) is 0 Å². The lowest BCUT2D eigenvalue weighted by molar-refractivity contribution is 0.695. The van der Waals surface area contributed by atoms with E-state index in [2.05, 4.69) is 67.4 Å². The molecule has 94 valence electrons. The van der Waals surface area contributed by atoms with Gasteiger partial charge < -0.3 is 10.6 Å². The number of nitrogens with zero attached hydrogens (tertiary/aromatic N) is 1. The van der Waals surface area contributed by atoms with E-state index in [1.807, 2.05) is 6.07 Å². The zero-order valence-corrected chi connectivity index (χ0v) is 11.0. The fourth-order valence-corrected chi connectivity index (χ4v) is 1.93. The highest BCUT2D eigenvalue weighted by atomic mass is 15.1. The molecule has 0 fully saturated rings. The van der Waals surface area contributed by atoms with Crippen LogP contribution in [0.15, 0.2) is 54.6 Å². The normalized spacial score (nSPS) is 12.2. The Labute approximate surface area is 109 Å². The van der Waals surface area contributed by atoms with E-state index in [-0.39, 0.29) is 0 Å². The zero-order valence-electron chi connectivity index (χ0n) is 11.0. The van der Waals surface area contributed by atoms with Gasteiger partial charge in [-0.1, -0.05) is 42.5 Å². The Morgan fingerprint density at radius 3 is 2.06 bits per heavy atom. The van der Waals surface area contributed by atoms with Crippen LogP contribution >= 0.6 is 0 Å². The third-order valence-corrected chi connectivity index (χ3v) is 3.38. The van der Waals surface area contributed by atoms with Gasteiger partial charge in [-0.3, -0.25) is 0 Å². The SMILES string of the molecule is CC(CN)N(C)c1ccc(-c2ccccc2)cc1. The Morgan fingerprint density at radius 1 is 0.944 bits per heavy atom. The number of rotatable bonds is 4. The van der Waals surface area contributed by atoms with E-state index in [1.165, 1.54) is 16.8 Å². The van der Waals surface area contributed by atoms with Crippen molar-refractivity contribution >= 4 is 5.69 Å². The second kappa shape index (κ2) is 5.69. The van der Waals surface area contributed by atoms with E-state index in [0.29, 0.717) is 12.6 Å². The monoisotopic (exact) mass is 240 g/mol. The van der Waals surface area contributed by atoms with Gasteiger partial charge in [-0.05, 0) is 30.2 Å². The third-order valence-electron chi connectivity index (χ3n) is 3.38. The first kappa shape index (κ1) is 12.7. The molecule has 18 heavy (non-hydrogen) atoms. The minimum Gasteiger partial charge on any atom is -0.371 e. The molecule has 0 amide bonds. The Morgan fingerprint density at radius 2 is 1.50 bits per heavy atom. The molecule has 0 saturated carbocycles. The highest BCUT2D eigenvalue weighted by Gasteiger charge is 2.07. The maximum absolute atomic E-state index is 5.69. The minimum atomic E-state index is 0.354. The molecule has 2 aromatic carbocycles. The van der Waals surface area contributed by atoms with Crippen LogP contribution < -0.4 is 10.6 Å². The van der Waals surface area contributed by atoms with Crippen LogP contribution in [0.2, 0.25) is 0 Å². The second-order valence-corrected chi connectivity index (χ2v) is 4.61. The average Bonchev–Trinajstić information content (AvgIpc) is 2.47. The number of benzene rings is 2. The molecule has 0 radical (unpaired) electrons. The molecule has 2 N–H and O–H groups in total. The summed E-state index contributed by atoms with van der Waals surface area (Å²) < 4.78 is 0. The van der Waals surface area contributed by atoms with Crippen molar-refractivity contribution in [1.29, 1.82) is 0 Å². The quantitative estimate of drug-likeness (QED) is 0.889. The van der Waals surface area contributed by atoms with E-state index < -0.39 is 0 Å². The van der Waals surface area contributed by atoms with Crippen molar-refractivity contribution in [3.63, 3.8) is 0 Å². The molecule has 1 unspecified atom stereocenters. The maximum atomic E-state index is 5.69. The molecule has 0 saturated heterocycles. The van der Waals surface area contributed by atoms with Crippen LogP contribution in [0.1, 0.15) is 6.92 Å². The predicted octanol–water partition coefficient (Wildman–Crippen LogP) is 3.14. The first-order chi connectivity index (χ1) is 8.72. The molecule has 2 aromatic rings.